The molecule has 0 spiro atoms. The quantitative estimate of drug-likeness (QED) is 0.155. The zero-order valence-electron chi connectivity index (χ0n) is 22.2. The van der Waals surface area contributed by atoms with E-state index in [9.17, 15) is 0 Å². The van der Waals surface area contributed by atoms with Crippen LogP contribution in [-0.4, -0.2) is 12.6 Å². The molecule has 2 aromatic heterocycles. The van der Waals surface area contributed by atoms with Crippen molar-refractivity contribution in [1.82, 2.24) is 4.57 Å². The van der Waals surface area contributed by atoms with Crippen LogP contribution in [0.15, 0.2) is 146 Å². The molecule has 190 valence electrons. The van der Waals surface area contributed by atoms with Gasteiger partial charge in [-0.3, -0.25) is 0 Å². The molecule has 0 amide bonds. The molecule has 0 bridgehead atoms. The minimum atomic E-state index is -2.39. The van der Waals surface area contributed by atoms with Gasteiger partial charge >= 0.3 is 0 Å². The molecule has 0 fully saturated rings. The van der Waals surface area contributed by atoms with Gasteiger partial charge < -0.3 is 4.57 Å². The van der Waals surface area contributed by atoms with Crippen LogP contribution in [0.4, 0.5) is 0 Å². The van der Waals surface area contributed by atoms with Crippen molar-refractivity contribution in [3.63, 3.8) is 0 Å². The van der Waals surface area contributed by atoms with Crippen LogP contribution < -0.4 is 15.6 Å². The summed E-state index contributed by atoms with van der Waals surface area (Å²) in [4.78, 5) is 0. The molecule has 1 nitrogen and oxygen atoms in total. The highest BCUT2D eigenvalue weighted by Gasteiger charge is 2.36. The Morgan fingerprint density at radius 1 is 0.500 bits per heavy atom. The van der Waals surface area contributed by atoms with Gasteiger partial charge in [0, 0.05) is 36.6 Å². The third-order valence-electron chi connectivity index (χ3n) is 8.56. The Morgan fingerprint density at radius 3 is 1.82 bits per heavy atom. The van der Waals surface area contributed by atoms with Crippen LogP contribution in [0.25, 0.3) is 47.7 Å². The van der Waals surface area contributed by atoms with Gasteiger partial charge in [-0.25, -0.2) is 0 Å². The highest BCUT2D eigenvalue weighted by Crippen LogP contribution is 2.34. The average Bonchev–Trinajstić information content (AvgIpc) is 3.57. The summed E-state index contributed by atoms with van der Waals surface area (Å²) in [5.74, 6) is 0. The molecular formula is C37H27NSSi. The Bertz CT molecular complexity index is 2140. The second-order valence-corrected chi connectivity index (χ2v) is 15.7. The number of aromatic nitrogens is 1. The number of rotatable bonds is 4. The van der Waals surface area contributed by atoms with Gasteiger partial charge in [-0.15, -0.1) is 11.3 Å². The van der Waals surface area contributed by atoms with Crippen molar-refractivity contribution < 1.29 is 0 Å². The minimum absolute atomic E-state index is 1.22. The molecule has 2 heterocycles. The van der Waals surface area contributed by atoms with Gasteiger partial charge in [-0.1, -0.05) is 122 Å². The first-order valence-corrected chi connectivity index (χ1v) is 17.1. The first kappa shape index (κ1) is 23.4. The fourth-order valence-electron chi connectivity index (χ4n) is 6.55. The van der Waals surface area contributed by atoms with E-state index >= 15 is 0 Å². The molecule has 0 aliphatic rings. The summed E-state index contributed by atoms with van der Waals surface area (Å²) in [6, 6.07) is 53.9. The minimum Gasteiger partial charge on any atom is -0.309 e. The number of fused-ring (bicyclic) bond motifs is 6. The topological polar surface area (TPSA) is 4.93 Å². The number of thiophene rings is 1. The number of para-hydroxylation sites is 2. The van der Waals surface area contributed by atoms with Gasteiger partial charge in [-0.05, 0) is 45.9 Å². The summed E-state index contributed by atoms with van der Waals surface area (Å²) in [5.41, 5.74) is 3.71. The highest BCUT2D eigenvalue weighted by molar-refractivity contribution is 7.29. The number of benzene rings is 6. The number of hydrogen-bond acceptors (Lipinski definition) is 1. The van der Waals surface area contributed by atoms with E-state index in [4.69, 9.17) is 0 Å². The zero-order chi connectivity index (χ0) is 26.7. The van der Waals surface area contributed by atoms with Gasteiger partial charge in [0.25, 0.3) is 0 Å². The van der Waals surface area contributed by atoms with E-state index in [-0.39, 0.29) is 0 Å². The van der Waals surface area contributed by atoms with E-state index in [2.05, 4.69) is 157 Å². The van der Waals surface area contributed by atoms with Crippen LogP contribution in [0.3, 0.4) is 0 Å². The van der Waals surface area contributed by atoms with Gasteiger partial charge in [0.05, 0.1) is 11.0 Å². The maximum atomic E-state index is 2.53. The SMILES string of the molecule is C[Si](c1ccccc1)(c1cccc(-n2c3ccccc3c3ccccc32)c1)c1cccc2c1sc1ccccc12. The van der Waals surface area contributed by atoms with E-state index in [1.165, 1.54) is 63.2 Å². The molecule has 0 aliphatic heterocycles. The van der Waals surface area contributed by atoms with Gasteiger partial charge in [0.2, 0.25) is 0 Å². The van der Waals surface area contributed by atoms with Crippen LogP contribution in [-0.2, 0) is 0 Å². The van der Waals surface area contributed by atoms with E-state index in [1.54, 1.807) is 0 Å². The summed E-state index contributed by atoms with van der Waals surface area (Å²) in [6.07, 6.45) is 0. The summed E-state index contributed by atoms with van der Waals surface area (Å²) in [5, 5.41) is 9.64. The predicted octanol–water partition coefficient (Wildman–Crippen LogP) is 8.25. The summed E-state index contributed by atoms with van der Waals surface area (Å²) in [6.45, 7) is 2.53. The fraction of sp³-hybridized carbons (Fsp3) is 0.0270. The van der Waals surface area contributed by atoms with Crippen LogP contribution >= 0.6 is 11.3 Å². The van der Waals surface area contributed by atoms with Crippen molar-refractivity contribution in [2.45, 2.75) is 6.55 Å². The molecule has 0 saturated carbocycles. The summed E-state index contributed by atoms with van der Waals surface area (Å²) >= 11 is 1.94. The highest BCUT2D eigenvalue weighted by atomic mass is 32.1. The van der Waals surface area contributed by atoms with E-state index in [0.29, 0.717) is 0 Å². The molecule has 6 aromatic carbocycles. The Labute approximate surface area is 238 Å². The van der Waals surface area contributed by atoms with Gasteiger partial charge in [-0.2, -0.15) is 0 Å². The molecule has 0 N–H and O–H groups in total. The molecule has 0 radical (unpaired) electrons. The Balaban J connectivity index is 1.43. The smallest absolute Gasteiger partial charge is 0.147 e. The Kier molecular flexibility index (Phi) is 5.31. The largest absolute Gasteiger partial charge is 0.309 e. The third-order valence-corrected chi connectivity index (χ3v) is 14.4. The maximum absolute atomic E-state index is 2.53. The van der Waals surface area contributed by atoms with Crippen LogP contribution in [0.5, 0.6) is 0 Å². The molecule has 0 aliphatic carbocycles. The Morgan fingerprint density at radius 2 is 1.07 bits per heavy atom. The van der Waals surface area contributed by atoms with E-state index in [1.807, 2.05) is 11.3 Å². The van der Waals surface area contributed by atoms with Gasteiger partial charge in [0.1, 0.15) is 8.07 Å². The molecule has 1 atom stereocenters. The van der Waals surface area contributed by atoms with Crippen molar-refractivity contribution in [3.05, 3.63) is 146 Å². The van der Waals surface area contributed by atoms with Crippen LogP contribution in [0.2, 0.25) is 6.55 Å². The van der Waals surface area contributed by atoms with E-state index in [0.717, 1.165) is 0 Å². The summed E-state index contributed by atoms with van der Waals surface area (Å²) < 4.78 is 5.21. The second-order valence-electron chi connectivity index (χ2n) is 10.7. The van der Waals surface area contributed by atoms with E-state index < -0.39 is 8.07 Å². The van der Waals surface area contributed by atoms with Crippen LogP contribution in [0.1, 0.15) is 0 Å². The lowest BCUT2D eigenvalue weighted by atomic mass is 10.1. The van der Waals surface area contributed by atoms with Crippen molar-refractivity contribution in [1.29, 1.82) is 0 Å². The second kappa shape index (κ2) is 9.05. The first-order chi connectivity index (χ1) is 19.7. The monoisotopic (exact) mass is 545 g/mol. The van der Waals surface area contributed by atoms with Crippen LogP contribution in [0, 0.1) is 0 Å². The molecule has 0 saturated heterocycles. The molecule has 8 aromatic rings. The predicted molar refractivity (Wildman–Crippen MR) is 177 cm³/mol. The molecular weight excluding hydrogens is 519 g/mol. The third kappa shape index (κ3) is 3.38. The number of nitrogens with zero attached hydrogens (tertiary/aromatic N) is 1. The maximum Gasteiger partial charge on any atom is 0.147 e. The lowest BCUT2D eigenvalue weighted by molar-refractivity contribution is 1.18. The lowest BCUT2D eigenvalue weighted by Gasteiger charge is -2.30. The number of hydrogen-bond donors (Lipinski definition) is 0. The molecule has 1 unspecified atom stereocenters. The van der Waals surface area contributed by atoms with Crippen molar-refractivity contribution in [3.8, 4) is 5.69 Å². The Hall–Kier alpha value is -4.44. The lowest BCUT2D eigenvalue weighted by Crippen LogP contribution is -2.64. The van der Waals surface area contributed by atoms with Crippen molar-refractivity contribution >= 4 is 76.9 Å². The van der Waals surface area contributed by atoms with Gasteiger partial charge in [0.15, 0.2) is 0 Å². The normalized spacial score (nSPS) is 13.3. The molecule has 8 rings (SSSR count). The first-order valence-electron chi connectivity index (χ1n) is 13.8. The van der Waals surface area contributed by atoms with Crippen molar-refractivity contribution in [2.24, 2.45) is 0 Å². The molecule has 3 heteroatoms. The zero-order valence-corrected chi connectivity index (χ0v) is 24.0. The van der Waals surface area contributed by atoms with Crippen molar-refractivity contribution in [2.75, 3.05) is 0 Å². The fourth-order valence-corrected chi connectivity index (χ4v) is 12.1. The average molecular weight is 546 g/mol. The summed E-state index contributed by atoms with van der Waals surface area (Å²) in [7, 11) is -2.39. The molecule has 40 heavy (non-hydrogen) atoms. The standard InChI is InChI=1S/C37H27NSSi/c1-40(27-14-3-2-4-15-27,36-24-12-20-32-31-19-7-10-23-35(31)39-37(32)36)28-16-11-13-26(25-28)38-33-21-8-5-17-29(33)30-18-6-9-22-34(30)38/h2-25H,1H3.